The summed E-state index contributed by atoms with van der Waals surface area (Å²) in [6, 6.07) is 8.19. The molecule has 1 aromatic carbocycles. The van der Waals surface area contributed by atoms with Crippen LogP contribution in [0.4, 0.5) is 5.95 Å². The highest BCUT2D eigenvalue weighted by atomic mass is 79.9. The van der Waals surface area contributed by atoms with Crippen molar-refractivity contribution in [1.82, 2.24) is 35.3 Å². The van der Waals surface area contributed by atoms with Crippen molar-refractivity contribution in [2.75, 3.05) is 12.4 Å². The molecule has 4 aromatic rings. The molecule has 11 heteroatoms. The highest BCUT2D eigenvalue weighted by Gasteiger charge is 2.40. The van der Waals surface area contributed by atoms with Crippen LogP contribution < -0.4 is 10.6 Å². The van der Waals surface area contributed by atoms with Gasteiger partial charge in [0, 0.05) is 30.3 Å². The second-order valence-electron chi connectivity index (χ2n) is 8.76. The van der Waals surface area contributed by atoms with Crippen LogP contribution >= 0.6 is 27.3 Å². The first-order valence-corrected chi connectivity index (χ1v) is 12.8. The highest BCUT2D eigenvalue weighted by molar-refractivity contribution is 9.10. The first-order valence-electron chi connectivity index (χ1n) is 11.2. The lowest BCUT2D eigenvalue weighted by Gasteiger charge is -2.22. The number of aromatic nitrogens is 6. The number of benzene rings is 1. The molecule has 3 heterocycles. The monoisotopic (exact) mass is 540 g/mol. The van der Waals surface area contributed by atoms with Crippen molar-refractivity contribution in [2.45, 2.75) is 45.6 Å². The highest BCUT2D eigenvalue weighted by Crippen LogP contribution is 2.39. The molecular weight excluding hydrogens is 516 g/mol. The van der Waals surface area contributed by atoms with E-state index < -0.39 is 0 Å². The summed E-state index contributed by atoms with van der Waals surface area (Å²) in [7, 11) is 1.69. The van der Waals surface area contributed by atoms with Gasteiger partial charge in [-0.25, -0.2) is 9.67 Å². The lowest BCUT2D eigenvalue weighted by molar-refractivity contribution is -0.129. The summed E-state index contributed by atoms with van der Waals surface area (Å²) in [5, 5.41) is 22.1. The minimum absolute atomic E-state index is 0.0815. The van der Waals surface area contributed by atoms with Gasteiger partial charge in [0.15, 0.2) is 5.65 Å². The lowest BCUT2D eigenvalue weighted by atomic mass is 9.87. The van der Waals surface area contributed by atoms with Crippen LogP contribution in [0.15, 0.2) is 35.1 Å². The van der Waals surface area contributed by atoms with Crippen molar-refractivity contribution in [3.05, 3.63) is 40.1 Å². The molecule has 9 nitrogen and oxygen atoms in total. The Morgan fingerprint density at radius 1 is 1.29 bits per heavy atom. The van der Waals surface area contributed by atoms with Gasteiger partial charge in [0.05, 0.1) is 11.1 Å². The summed E-state index contributed by atoms with van der Waals surface area (Å²) in [6.45, 7) is 4.09. The molecule has 0 spiro atoms. The van der Waals surface area contributed by atoms with Crippen LogP contribution in [0.1, 0.15) is 38.1 Å². The molecule has 176 valence electrons. The van der Waals surface area contributed by atoms with Gasteiger partial charge in [-0.3, -0.25) is 4.79 Å². The van der Waals surface area contributed by atoms with Crippen LogP contribution in [0.5, 0.6) is 0 Å². The van der Waals surface area contributed by atoms with Crippen LogP contribution in [-0.4, -0.2) is 48.9 Å². The lowest BCUT2D eigenvalue weighted by Crippen LogP contribution is -2.35. The maximum absolute atomic E-state index is 12.3. The summed E-state index contributed by atoms with van der Waals surface area (Å²) in [5.74, 6) is 0.614. The van der Waals surface area contributed by atoms with Crippen LogP contribution in [0, 0.1) is 5.41 Å². The maximum atomic E-state index is 12.3. The van der Waals surface area contributed by atoms with Crippen LogP contribution in [0.25, 0.3) is 27.3 Å². The number of anilines is 1. The fourth-order valence-electron chi connectivity index (χ4n) is 4.43. The first kappa shape index (κ1) is 22.9. The van der Waals surface area contributed by atoms with E-state index >= 15 is 0 Å². The Morgan fingerprint density at radius 3 is 2.79 bits per heavy atom. The molecule has 5 rings (SSSR count). The van der Waals surface area contributed by atoms with Crippen molar-refractivity contribution in [3.8, 4) is 16.3 Å². The van der Waals surface area contributed by atoms with E-state index in [1.165, 1.54) is 0 Å². The number of carbonyl (C=O) groups is 1. The average molecular weight is 541 g/mol. The molecule has 1 fully saturated rings. The zero-order valence-electron chi connectivity index (χ0n) is 19.2. The summed E-state index contributed by atoms with van der Waals surface area (Å²) in [6.07, 6.45) is 5.11. The Hall–Kier alpha value is -2.92. The molecule has 0 unspecified atom stereocenters. The molecule has 1 aliphatic carbocycles. The van der Waals surface area contributed by atoms with Crippen molar-refractivity contribution in [1.29, 1.82) is 0 Å². The topological polar surface area (TPSA) is 111 Å². The maximum Gasteiger partial charge on any atom is 0.225 e. The van der Waals surface area contributed by atoms with Gasteiger partial charge in [-0.2, -0.15) is 10.1 Å². The minimum atomic E-state index is -0.367. The molecule has 0 saturated heterocycles. The van der Waals surface area contributed by atoms with Gasteiger partial charge in [-0.05, 0) is 65.9 Å². The third-order valence-corrected chi connectivity index (χ3v) is 8.06. The zero-order valence-corrected chi connectivity index (χ0v) is 21.6. The van der Waals surface area contributed by atoms with Crippen molar-refractivity contribution in [3.63, 3.8) is 0 Å². The van der Waals surface area contributed by atoms with Crippen molar-refractivity contribution in [2.24, 2.45) is 5.41 Å². The van der Waals surface area contributed by atoms with E-state index in [1.807, 2.05) is 31.2 Å². The number of fused-ring (bicyclic) bond motifs is 1. The number of nitrogens with one attached hydrogen (secondary N) is 2. The van der Waals surface area contributed by atoms with Gasteiger partial charge in [0.1, 0.15) is 14.6 Å². The smallest absolute Gasteiger partial charge is 0.225 e. The van der Waals surface area contributed by atoms with Crippen molar-refractivity contribution < 1.29 is 4.79 Å². The SMILES string of the molecule is CCc1nnc(-c2ccc(-n3nc(Br)c4cnc(N[C@@H]5CC[C@@](C)(C(=O)NC)C5)nc43)cc2)s1. The first-order chi connectivity index (χ1) is 16.4. The summed E-state index contributed by atoms with van der Waals surface area (Å²) < 4.78 is 2.49. The Labute approximate surface area is 209 Å². The van der Waals surface area contributed by atoms with E-state index in [-0.39, 0.29) is 17.4 Å². The molecule has 0 bridgehead atoms. The normalized spacial score (nSPS) is 20.1. The number of amides is 1. The number of aryl methyl sites for hydroxylation is 1. The molecule has 1 aliphatic rings. The summed E-state index contributed by atoms with van der Waals surface area (Å²) >= 11 is 5.14. The number of hydrogen-bond donors (Lipinski definition) is 2. The third-order valence-electron chi connectivity index (χ3n) is 6.36. The van der Waals surface area contributed by atoms with E-state index in [0.717, 1.165) is 52.3 Å². The molecule has 1 amide bonds. The van der Waals surface area contributed by atoms with E-state index in [4.69, 9.17) is 4.98 Å². The minimum Gasteiger partial charge on any atom is -0.359 e. The fraction of sp³-hybridized carbons (Fsp3) is 0.391. The summed E-state index contributed by atoms with van der Waals surface area (Å²) in [5.41, 5.74) is 2.24. The van der Waals surface area contributed by atoms with Gasteiger partial charge in [0.25, 0.3) is 0 Å². The number of rotatable bonds is 6. The van der Waals surface area contributed by atoms with Gasteiger partial charge in [0.2, 0.25) is 11.9 Å². The van der Waals surface area contributed by atoms with E-state index in [0.29, 0.717) is 16.2 Å². The van der Waals surface area contributed by atoms with E-state index in [2.05, 4.69) is 53.8 Å². The zero-order chi connectivity index (χ0) is 23.9. The number of carbonyl (C=O) groups excluding carboxylic acids is 1. The van der Waals surface area contributed by atoms with E-state index in [1.54, 1.807) is 29.3 Å². The van der Waals surface area contributed by atoms with Gasteiger partial charge >= 0.3 is 0 Å². The predicted molar refractivity (Wildman–Crippen MR) is 136 cm³/mol. The van der Waals surface area contributed by atoms with Crippen molar-refractivity contribution >= 4 is 50.2 Å². The molecule has 0 radical (unpaired) electrons. The van der Waals surface area contributed by atoms with E-state index in [9.17, 15) is 4.79 Å². The van der Waals surface area contributed by atoms with Gasteiger partial charge in [-0.15, -0.1) is 10.2 Å². The second kappa shape index (κ2) is 9.03. The van der Waals surface area contributed by atoms with Crippen LogP contribution in [0.3, 0.4) is 0 Å². The number of halogens is 1. The van der Waals surface area contributed by atoms with Gasteiger partial charge < -0.3 is 10.6 Å². The van der Waals surface area contributed by atoms with Gasteiger partial charge in [-0.1, -0.05) is 25.2 Å². The Kier molecular flexibility index (Phi) is 6.07. The molecule has 34 heavy (non-hydrogen) atoms. The number of hydrogen-bond acceptors (Lipinski definition) is 8. The molecule has 3 aromatic heterocycles. The Bertz CT molecular complexity index is 1350. The molecule has 2 N–H and O–H groups in total. The Balaban J connectivity index is 1.41. The molecule has 0 aliphatic heterocycles. The van der Waals surface area contributed by atoms with Crippen LogP contribution in [0.2, 0.25) is 0 Å². The Morgan fingerprint density at radius 2 is 2.09 bits per heavy atom. The second-order valence-corrected chi connectivity index (χ2v) is 10.6. The predicted octanol–water partition coefficient (Wildman–Crippen LogP) is 4.38. The molecule has 2 atom stereocenters. The number of nitrogens with zero attached hydrogens (tertiary/aromatic N) is 6. The standard InChI is InChI=1S/C23H25BrN8OS/c1-4-17-29-30-20(34-17)13-5-7-15(8-6-13)32-19-16(18(24)31-32)12-26-22(28-19)27-14-9-10-23(2,11-14)21(33)25-3/h5-8,12,14H,4,9-11H2,1-3H3,(H,25,33)(H,26,27,28)/t14-,23-/m1/s1. The average Bonchev–Trinajstić information content (AvgIpc) is 3.57. The third kappa shape index (κ3) is 4.18. The largest absolute Gasteiger partial charge is 0.359 e. The molecular formula is C23H25BrN8OS. The summed E-state index contributed by atoms with van der Waals surface area (Å²) in [4.78, 5) is 21.5. The fourth-order valence-corrected chi connectivity index (χ4v) is 5.65. The molecule has 1 saturated carbocycles. The van der Waals surface area contributed by atoms with Crippen LogP contribution in [-0.2, 0) is 11.2 Å². The quantitative estimate of drug-likeness (QED) is 0.373.